The van der Waals surface area contributed by atoms with E-state index in [1.165, 1.54) is 32.1 Å². The lowest BCUT2D eigenvalue weighted by Gasteiger charge is -2.29. The average Bonchev–Trinajstić information content (AvgIpc) is 3.50. The minimum Gasteiger partial charge on any atom is -0.389 e. The smallest absolute Gasteiger partial charge is 0.232 e. The van der Waals surface area contributed by atoms with E-state index in [0.29, 0.717) is 13.2 Å². The molecule has 1 saturated carbocycles. The number of aromatic nitrogens is 1. The second-order valence-corrected chi connectivity index (χ2v) is 9.40. The number of ether oxygens (including phenoxy) is 1. The molecule has 1 N–H and O–H groups in total. The molecule has 1 saturated heterocycles. The quantitative estimate of drug-likeness (QED) is 0.576. The molecule has 1 aromatic carbocycles. The summed E-state index contributed by atoms with van der Waals surface area (Å²) in [5.74, 6) is 1.64. The first kappa shape index (κ1) is 22.3. The number of hydrogen-bond acceptors (Lipinski definition) is 6. The van der Waals surface area contributed by atoms with Crippen LogP contribution in [-0.2, 0) is 11.3 Å². The van der Waals surface area contributed by atoms with Gasteiger partial charge in [-0.15, -0.1) is 0 Å². The van der Waals surface area contributed by atoms with Crippen LogP contribution >= 0.6 is 0 Å². The van der Waals surface area contributed by atoms with Gasteiger partial charge in [-0.25, -0.2) is 0 Å². The van der Waals surface area contributed by atoms with E-state index < -0.39 is 6.10 Å². The van der Waals surface area contributed by atoms with E-state index >= 15 is 0 Å². The van der Waals surface area contributed by atoms with Crippen LogP contribution in [0, 0.1) is 5.92 Å². The molecule has 1 atom stereocenters. The van der Waals surface area contributed by atoms with Crippen molar-refractivity contribution < 1.29 is 14.4 Å². The zero-order chi connectivity index (χ0) is 21.6. The van der Waals surface area contributed by atoms with E-state index in [0.717, 1.165) is 54.8 Å². The van der Waals surface area contributed by atoms with E-state index in [2.05, 4.69) is 27.1 Å². The third-order valence-corrected chi connectivity index (χ3v) is 6.14. The Morgan fingerprint density at radius 2 is 1.90 bits per heavy atom. The molecule has 6 nitrogen and oxygen atoms in total. The lowest BCUT2D eigenvalue weighted by molar-refractivity contribution is -0.0100. The summed E-state index contributed by atoms with van der Waals surface area (Å²) in [6.07, 6.45) is 5.85. The Morgan fingerprint density at radius 3 is 2.58 bits per heavy atom. The summed E-state index contributed by atoms with van der Waals surface area (Å²) in [5.41, 5.74) is 3.15. The summed E-state index contributed by atoms with van der Waals surface area (Å²) in [5, 5.41) is 15.1. The second-order valence-electron chi connectivity index (χ2n) is 9.40. The van der Waals surface area contributed by atoms with Crippen LogP contribution in [0.2, 0.25) is 0 Å². The van der Waals surface area contributed by atoms with Crippen LogP contribution in [0.25, 0.3) is 11.3 Å². The van der Waals surface area contributed by atoms with Gasteiger partial charge in [-0.1, -0.05) is 35.5 Å². The number of piperidine rings is 1. The number of nitrogens with zero attached hydrogens (tertiary/aromatic N) is 3. The molecular formula is C25H37N3O3. The van der Waals surface area contributed by atoms with E-state index in [4.69, 9.17) is 9.26 Å². The maximum absolute atomic E-state index is 10.6. The standard InChI is InChI=1S/C25H37N3O3/c1-19(2)30-18-22(29)16-27(15-20-11-12-20)17-23-24(21-9-5-3-6-10-21)26-31-25(23)28-13-7-4-8-14-28/h3,5-6,9-10,19-20,22,29H,4,7-8,11-18H2,1-2H3/t22-/m0/s1. The van der Waals surface area contributed by atoms with Crippen molar-refractivity contribution in [3.8, 4) is 11.3 Å². The maximum atomic E-state index is 10.6. The maximum Gasteiger partial charge on any atom is 0.232 e. The molecule has 6 heteroatoms. The largest absolute Gasteiger partial charge is 0.389 e. The Bertz CT molecular complexity index is 798. The monoisotopic (exact) mass is 427 g/mol. The zero-order valence-corrected chi connectivity index (χ0v) is 19.0. The van der Waals surface area contributed by atoms with Gasteiger partial charge >= 0.3 is 0 Å². The molecule has 0 radical (unpaired) electrons. The molecule has 0 amide bonds. The predicted molar refractivity (Wildman–Crippen MR) is 123 cm³/mol. The summed E-state index contributed by atoms with van der Waals surface area (Å²) >= 11 is 0. The first-order valence-electron chi connectivity index (χ1n) is 11.9. The van der Waals surface area contributed by atoms with Crippen molar-refractivity contribution in [1.82, 2.24) is 10.1 Å². The first-order chi connectivity index (χ1) is 15.1. The number of aliphatic hydroxyl groups excluding tert-OH is 1. The van der Waals surface area contributed by atoms with Crippen molar-refractivity contribution in [3.63, 3.8) is 0 Å². The van der Waals surface area contributed by atoms with Crippen LogP contribution in [0.4, 0.5) is 5.88 Å². The topological polar surface area (TPSA) is 62.0 Å². The number of rotatable bonds is 11. The molecule has 4 rings (SSSR count). The minimum absolute atomic E-state index is 0.125. The zero-order valence-electron chi connectivity index (χ0n) is 19.0. The van der Waals surface area contributed by atoms with Gasteiger partial charge < -0.3 is 19.3 Å². The molecule has 1 aromatic heterocycles. The highest BCUT2D eigenvalue weighted by Gasteiger charge is 2.29. The highest BCUT2D eigenvalue weighted by atomic mass is 16.5. The van der Waals surface area contributed by atoms with Crippen molar-refractivity contribution in [3.05, 3.63) is 35.9 Å². The van der Waals surface area contributed by atoms with Gasteiger partial charge in [-0.05, 0) is 51.9 Å². The number of anilines is 1. The van der Waals surface area contributed by atoms with Crippen LogP contribution in [0.15, 0.2) is 34.9 Å². The second kappa shape index (κ2) is 10.6. The Kier molecular flexibility index (Phi) is 7.64. The fourth-order valence-electron chi connectivity index (χ4n) is 4.36. The molecule has 2 aliphatic rings. The average molecular weight is 428 g/mol. The van der Waals surface area contributed by atoms with Crippen LogP contribution in [-0.4, -0.2) is 60.2 Å². The van der Waals surface area contributed by atoms with E-state index in [1.807, 2.05) is 32.0 Å². The van der Waals surface area contributed by atoms with Gasteiger partial charge in [0.05, 0.1) is 24.4 Å². The third kappa shape index (κ3) is 6.31. The van der Waals surface area contributed by atoms with Crippen molar-refractivity contribution in [1.29, 1.82) is 0 Å². The highest BCUT2D eigenvalue weighted by Crippen LogP contribution is 2.35. The summed E-state index contributed by atoms with van der Waals surface area (Å²) in [7, 11) is 0. The van der Waals surface area contributed by atoms with Crippen molar-refractivity contribution in [2.45, 2.75) is 64.7 Å². The van der Waals surface area contributed by atoms with E-state index in [9.17, 15) is 5.11 Å². The fourth-order valence-corrected chi connectivity index (χ4v) is 4.36. The fraction of sp³-hybridized carbons (Fsp3) is 0.640. The van der Waals surface area contributed by atoms with E-state index in [-0.39, 0.29) is 6.10 Å². The lowest BCUT2D eigenvalue weighted by atomic mass is 10.1. The van der Waals surface area contributed by atoms with Gasteiger partial charge in [-0.3, -0.25) is 4.90 Å². The van der Waals surface area contributed by atoms with E-state index in [1.54, 1.807) is 0 Å². The predicted octanol–water partition coefficient (Wildman–Crippen LogP) is 4.33. The molecular weight excluding hydrogens is 390 g/mol. The van der Waals surface area contributed by atoms with Gasteiger partial charge in [0.2, 0.25) is 5.88 Å². The summed E-state index contributed by atoms with van der Waals surface area (Å²) in [6.45, 7) is 8.74. The van der Waals surface area contributed by atoms with Crippen LogP contribution in [0.1, 0.15) is 51.5 Å². The minimum atomic E-state index is -0.500. The summed E-state index contributed by atoms with van der Waals surface area (Å²) in [4.78, 5) is 4.73. The van der Waals surface area contributed by atoms with Gasteiger partial charge in [0.25, 0.3) is 0 Å². The van der Waals surface area contributed by atoms with Crippen molar-refractivity contribution >= 4 is 5.88 Å². The number of aliphatic hydroxyl groups is 1. The number of hydrogen-bond donors (Lipinski definition) is 1. The van der Waals surface area contributed by atoms with Gasteiger partial charge in [-0.2, -0.15) is 0 Å². The molecule has 1 aliphatic heterocycles. The van der Waals surface area contributed by atoms with Crippen LogP contribution < -0.4 is 4.90 Å². The summed E-state index contributed by atoms with van der Waals surface area (Å²) in [6, 6.07) is 10.3. The van der Waals surface area contributed by atoms with Crippen molar-refractivity contribution in [2.75, 3.05) is 37.7 Å². The molecule has 0 spiro atoms. The normalized spacial score (nSPS) is 18.2. The molecule has 2 fully saturated rings. The molecule has 31 heavy (non-hydrogen) atoms. The molecule has 170 valence electrons. The van der Waals surface area contributed by atoms with Crippen molar-refractivity contribution in [2.24, 2.45) is 5.92 Å². The van der Waals surface area contributed by atoms with Gasteiger partial charge in [0.1, 0.15) is 5.69 Å². The molecule has 1 aliphatic carbocycles. The van der Waals surface area contributed by atoms with Crippen LogP contribution in [0.3, 0.4) is 0 Å². The third-order valence-electron chi connectivity index (χ3n) is 6.14. The summed E-state index contributed by atoms with van der Waals surface area (Å²) < 4.78 is 11.6. The SMILES string of the molecule is CC(C)OC[C@@H](O)CN(Cc1c(-c2ccccc2)noc1N1CCCCC1)CC1CC1. The molecule has 2 heterocycles. The lowest BCUT2D eigenvalue weighted by Crippen LogP contribution is -2.37. The Labute approximate surface area is 186 Å². The Hall–Kier alpha value is -1.89. The Morgan fingerprint density at radius 1 is 1.16 bits per heavy atom. The molecule has 0 unspecified atom stereocenters. The van der Waals surface area contributed by atoms with Crippen LogP contribution in [0.5, 0.6) is 0 Å². The highest BCUT2D eigenvalue weighted by molar-refractivity contribution is 5.68. The first-order valence-corrected chi connectivity index (χ1v) is 11.9. The molecule has 2 aromatic rings. The van der Waals surface area contributed by atoms with Gasteiger partial charge in [0.15, 0.2) is 0 Å². The van der Waals surface area contributed by atoms with Gasteiger partial charge in [0, 0.05) is 38.3 Å². The molecule has 0 bridgehead atoms. The Balaban J connectivity index is 1.57. The number of benzene rings is 1.